The molecule has 2 aromatic rings. The minimum atomic E-state index is -0.252. The number of likely N-dealkylation sites (tertiary alicyclic amines) is 1. The molecule has 7 heteroatoms. The molecule has 0 atom stereocenters. The molecule has 1 aromatic heterocycles. The van der Waals surface area contributed by atoms with E-state index in [1.165, 1.54) is 18.4 Å². The van der Waals surface area contributed by atoms with Crippen LogP contribution in [0.25, 0.3) is 0 Å². The Hall–Kier alpha value is -2.51. The number of amides is 1. The van der Waals surface area contributed by atoms with Crippen LogP contribution in [0.15, 0.2) is 36.4 Å². The second-order valence-electron chi connectivity index (χ2n) is 7.63. The van der Waals surface area contributed by atoms with E-state index < -0.39 is 0 Å². The van der Waals surface area contributed by atoms with Gasteiger partial charge in [-0.15, -0.1) is 10.2 Å². The first-order valence-corrected chi connectivity index (χ1v) is 10.1. The third-order valence-electron chi connectivity index (χ3n) is 5.49. The number of nitrogens with zero attached hydrogens (tertiary/aromatic N) is 4. The van der Waals surface area contributed by atoms with Gasteiger partial charge in [-0.1, -0.05) is 12.1 Å². The van der Waals surface area contributed by atoms with Crippen LogP contribution in [-0.2, 0) is 6.54 Å². The smallest absolute Gasteiger partial charge is 0.276 e. The van der Waals surface area contributed by atoms with Crippen molar-refractivity contribution in [2.24, 2.45) is 0 Å². The van der Waals surface area contributed by atoms with Crippen molar-refractivity contribution < 1.29 is 9.90 Å². The Morgan fingerprint density at radius 3 is 2.36 bits per heavy atom. The van der Waals surface area contributed by atoms with E-state index in [1.807, 2.05) is 30.3 Å². The molecule has 28 heavy (non-hydrogen) atoms. The lowest BCUT2D eigenvalue weighted by atomic mass is 10.1. The molecule has 2 N–H and O–H groups in total. The van der Waals surface area contributed by atoms with Gasteiger partial charge in [-0.05, 0) is 55.5 Å². The van der Waals surface area contributed by atoms with E-state index in [0.717, 1.165) is 57.1 Å². The van der Waals surface area contributed by atoms with Crippen molar-refractivity contribution in [2.45, 2.75) is 38.3 Å². The summed E-state index contributed by atoms with van der Waals surface area (Å²) in [5, 5.41) is 20.8. The summed E-state index contributed by atoms with van der Waals surface area (Å²) in [6.07, 6.45) is 3.89. The number of hydrogen-bond donors (Lipinski definition) is 2. The highest BCUT2D eigenvalue weighted by molar-refractivity contribution is 6.02. The molecule has 1 amide bonds. The lowest BCUT2D eigenvalue weighted by molar-refractivity contribution is 0.0792. The van der Waals surface area contributed by atoms with E-state index in [0.29, 0.717) is 5.69 Å². The zero-order valence-corrected chi connectivity index (χ0v) is 16.0. The van der Waals surface area contributed by atoms with Gasteiger partial charge < -0.3 is 15.3 Å². The second kappa shape index (κ2) is 8.67. The molecule has 0 saturated carbocycles. The zero-order valence-electron chi connectivity index (χ0n) is 16.0. The molecular weight excluding hydrogens is 354 g/mol. The molecule has 2 saturated heterocycles. The highest BCUT2D eigenvalue weighted by Crippen LogP contribution is 2.18. The number of aliphatic hydroxyl groups excluding tert-OH is 1. The maximum absolute atomic E-state index is 12.4. The monoisotopic (exact) mass is 381 g/mol. The van der Waals surface area contributed by atoms with Gasteiger partial charge in [0.25, 0.3) is 5.91 Å². The first kappa shape index (κ1) is 18.8. The van der Waals surface area contributed by atoms with E-state index >= 15 is 0 Å². The maximum atomic E-state index is 12.4. The summed E-state index contributed by atoms with van der Waals surface area (Å²) < 4.78 is 0. The van der Waals surface area contributed by atoms with Gasteiger partial charge >= 0.3 is 0 Å². The molecule has 0 aliphatic carbocycles. The molecule has 2 aliphatic heterocycles. The van der Waals surface area contributed by atoms with Gasteiger partial charge in [0.05, 0.1) is 6.10 Å². The number of carbonyl (C=O) groups excluding carboxylic acids is 1. The molecular formula is C21H27N5O2. The van der Waals surface area contributed by atoms with Crippen LogP contribution in [0.1, 0.15) is 41.7 Å². The van der Waals surface area contributed by atoms with Gasteiger partial charge in [0.1, 0.15) is 0 Å². The van der Waals surface area contributed by atoms with Crippen LogP contribution >= 0.6 is 0 Å². The van der Waals surface area contributed by atoms with Crippen molar-refractivity contribution in [3.05, 3.63) is 47.7 Å². The van der Waals surface area contributed by atoms with Crippen molar-refractivity contribution >= 4 is 17.4 Å². The number of rotatable bonds is 5. The standard InChI is InChI=1S/C21H27N5O2/c27-18-9-13-25(14-10-18)15-16-3-5-17(6-4-16)22-21(28)19-7-8-20(24-23-19)26-11-1-2-12-26/h3-8,18,27H,1-2,9-15H2,(H,22,28). The summed E-state index contributed by atoms with van der Waals surface area (Å²) in [4.78, 5) is 17.0. The average molecular weight is 381 g/mol. The molecule has 148 valence electrons. The van der Waals surface area contributed by atoms with Crippen LogP contribution < -0.4 is 10.2 Å². The Kier molecular flexibility index (Phi) is 5.83. The fourth-order valence-corrected chi connectivity index (χ4v) is 3.79. The number of nitrogens with one attached hydrogen (secondary N) is 1. The first-order valence-electron chi connectivity index (χ1n) is 10.1. The number of hydrogen-bond acceptors (Lipinski definition) is 6. The van der Waals surface area contributed by atoms with E-state index in [1.54, 1.807) is 6.07 Å². The van der Waals surface area contributed by atoms with E-state index in [-0.39, 0.29) is 12.0 Å². The van der Waals surface area contributed by atoms with Gasteiger partial charge in [0, 0.05) is 38.4 Å². The van der Waals surface area contributed by atoms with Gasteiger partial charge in [-0.2, -0.15) is 0 Å². The summed E-state index contributed by atoms with van der Waals surface area (Å²) in [5.74, 6) is 0.585. The highest BCUT2D eigenvalue weighted by atomic mass is 16.3. The molecule has 2 fully saturated rings. The Morgan fingerprint density at radius 1 is 1.00 bits per heavy atom. The summed E-state index contributed by atoms with van der Waals surface area (Å²) >= 11 is 0. The Balaban J connectivity index is 1.31. The molecule has 0 unspecified atom stereocenters. The van der Waals surface area contributed by atoms with Crippen molar-refractivity contribution in [1.29, 1.82) is 0 Å². The van der Waals surface area contributed by atoms with E-state index in [4.69, 9.17) is 0 Å². The molecule has 2 aliphatic rings. The van der Waals surface area contributed by atoms with Crippen molar-refractivity contribution in [3.63, 3.8) is 0 Å². The number of piperidine rings is 1. The van der Waals surface area contributed by atoms with Gasteiger partial charge in [-0.3, -0.25) is 9.69 Å². The third kappa shape index (κ3) is 4.66. The molecule has 3 heterocycles. The minimum Gasteiger partial charge on any atom is -0.393 e. The number of benzene rings is 1. The number of anilines is 2. The number of carbonyl (C=O) groups is 1. The average Bonchev–Trinajstić information content (AvgIpc) is 3.26. The molecule has 4 rings (SSSR count). The summed E-state index contributed by atoms with van der Waals surface area (Å²) in [6.45, 7) is 4.72. The van der Waals surface area contributed by atoms with Crippen LogP contribution in [0.5, 0.6) is 0 Å². The van der Waals surface area contributed by atoms with Crippen LogP contribution in [0, 0.1) is 0 Å². The lowest BCUT2D eigenvalue weighted by Crippen LogP contribution is -2.35. The Bertz CT molecular complexity index is 779. The normalized spacial score (nSPS) is 18.4. The Morgan fingerprint density at radius 2 is 1.71 bits per heavy atom. The minimum absolute atomic E-state index is 0.152. The van der Waals surface area contributed by atoms with Crippen molar-refractivity contribution in [3.8, 4) is 0 Å². The highest BCUT2D eigenvalue weighted by Gasteiger charge is 2.17. The van der Waals surface area contributed by atoms with Crippen molar-refractivity contribution in [1.82, 2.24) is 15.1 Å². The topological polar surface area (TPSA) is 81.6 Å². The van der Waals surface area contributed by atoms with Crippen molar-refractivity contribution in [2.75, 3.05) is 36.4 Å². The van der Waals surface area contributed by atoms with Crippen LogP contribution in [-0.4, -0.2) is 58.4 Å². The second-order valence-corrected chi connectivity index (χ2v) is 7.63. The largest absolute Gasteiger partial charge is 0.393 e. The van der Waals surface area contributed by atoms with Crippen LogP contribution in [0.2, 0.25) is 0 Å². The predicted molar refractivity (Wildman–Crippen MR) is 108 cm³/mol. The van der Waals surface area contributed by atoms with Crippen LogP contribution in [0.4, 0.5) is 11.5 Å². The number of aromatic nitrogens is 2. The fraction of sp³-hybridized carbons (Fsp3) is 0.476. The molecule has 0 spiro atoms. The maximum Gasteiger partial charge on any atom is 0.276 e. The summed E-state index contributed by atoms with van der Waals surface area (Å²) in [6, 6.07) is 11.5. The summed E-state index contributed by atoms with van der Waals surface area (Å²) in [7, 11) is 0. The molecule has 0 bridgehead atoms. The third-order valence-corrected chi connectivity index (χ3v) is 5.49. The summed E-state index contributed by atoms with van der Waals surface area (Å²) in [5.41, 5.74) is 2.26. The first-order chi connectivity index (χ1) is 13.7. The number of aliphatic hydroxyl groups is 1. The zero-order chi connectivity index (χ0) is 19.3. The van der Waals surface area contributed by atoms with E-state index in [9.17, 15) is 9.90 Å². The SMILES string of the molecule is O=C(Nc1ccc(CN2CCC(O)CC2)cc1)c1ccc(N2CCCC2)nn1. The predicted octanol–water partition coefficient (Wildman–Crippen LogP) is 2.29. The molecule has 7 nitrogen and oxygen atoms in total. The lowest BCUT2D eigenvalue weighted by Gasteiger charge is -2.29. The van der Waals surface area contributed by atoms with Gasteiger partial charge in [0.2, 0.25) is 0 Å². The van der Waals surface area contributed by atoms with Crippen LogP contribution in [0.3, 0.4) is 0 Å². The van der Waals surface area contributed by atoms with Gasteiger partial charge in [-0.25, -0.2) is 0 Å². The molecule has 1 aromatic carbocycles. The fourth-order valence-electron chi connectivity index (χ4n) is 3.79. The molecule has 0 radical (unpaired) electrons. The Labute approximate surface area is 165 Å². The van der Waals surface area contributed by atoms with E-state index in [2.05, 4.69) is 25.3 Å². The van der Waals surface area contributed by atoms with Gasteiger partial charge in [0.15, 0.2) is 11.5 Å². The quantitative estimate of drug-likeness (QED) is 0.827.